The quantitative estimate of drug-likeness (QED) is 0.487. The molecule has 0 atom stereocenters. The number of amides is 4. The lowest BCUT2D eigenvalue weighted by Crippen LogP contribution is -2.33. The van der Waals surface area contributed by atoms with Crippen molar-refractivity contribution >= 4 is 29.8 Å². The van der Waals surface area contributed by atoms with Crippen LogP contribution in [-0.4, -0.2) is 38.3 Å². The molecule has 0 spiro atoms. The number of rotatable bonds is 4. The van der Waals surface area contributed by atoms with Crippen molar-refractivity contribution in [1.29, 1.82) is 0 Å². The Morgan fingerprint density at radius 3 is 2.19 bits per heavy atom. The maximum absolute atomic E-state index is 12.2. The van der Waals surface area contributed by atoms with Gasteiger partial charge in [-0.1, -0.05) is 30.3 Å². The van der Waals surface area contributed by atoms with Gasteiger partial charge in [0.15, 0.2) is 0 Å². The lowest BCUT2D eigenvalue weighted by atomic mass is 10.1. The SMILES string of the molecule is CC(C)(C)SN1C(=O)C(=O)N(CCc2ccccc2)C1=O. The van der Waals surface area contributed by atoms with E-state index in [2.05, 4.69) is 0 Å². The van der Waals surface area contributed by atoms with Crippen molar-refractivity contribution in [2.75, 3.05) is 6.54 Å². The zero-order valence-electron chi connectivity index (χ0n) is 12.3. The molecule has 1 fully saturated rings. The average Bonchev–Trinajstić information content (AvgIpc) is 2.61. The molecule has 1 aliphatic heterocycles. The van der Waals surface area contributed by atoms with Crippen LogP contribution in [0.3, 0.4) is 0 Å². The second-order valence-electron chi connectivity index (χ2n) is 5.78. The molecular formula is C15H18N2O3S. The van der Waals surface area contributed by atoms with E-state index in [9.17, 15) is 14.4 Å². The van der Waals surface area contributed by atoms with Crippen LogP contribution < -0.4 is 0 Å². The van der Waals surface area contributed by atoms with Gasteiger partial charge in [0.2, 0.25) is 0 Å². The Morgan fingerprint density at radius 2 is 1.62 bits per heavy atom. The predicted octanol–water partition coefficient (Wildman–Crippen LogP) is 2.47. The lowest BCUT2D eigenvalue weighted by Gasteiger charge is -2.22. The first kappa shape index (κ1) is 15.6. The minimum absolute atomic E-state index is 0.217. The van der Waals surface area contributed by atoms with Crippen molar-refractivity contribution in [2.45, 2.75) is 31.9 Å². The lowest BCUT2D eigenvalue weighted by molar-refractivity contribution is -0.141. The molecule has 0 aliphatic carbocycles. The van der Waals surface area contributed by atoms with Crippen LogP contribution in [0, 0.1) is 0 Å². The fraction of sp³-hybridized carbons (Fsp3) is 0.400. The first-order chi connectivity index (χ1) is 9.79. The second-order valence-corrected chi connectivity index (χ2v) is 7.55. The fourth-order valence-corrected chi connectivity index (χ4v) is 2.81. The number of carbonyl (C=O) groups excluding carboxylic acids is 3. The van der Waals surface area contributed by atoms with E-state index in [1.807, 2.05) is 51.1 Å². The Labute approximate surface area is 128 Å². The predicted molar refractivity (Wildman–Crippen MR) is 81.4 cm³/mol. The number of benzene rings is 1. The van der Waals surface area contributed by atoms with Gasteiger partial charge in [0.25, 0.3) is 0 Å². The Balaban J connectivity index is 2.06. The normalized spacial score (nSPS) is 16.0. The van der Waals surface area contributed by atoms with Crippen LogP contribution in [0.25, 0.3) is 0 Å². The van der Waals surface area contributed by atoms with Crippen LogP contribution in [0.4, 0.5) is 4.79 Å². The topological polar surface area (TPSA) is 57.7 Å². The number of carbonyl (C=O) groups is 3. The van der Waals surface area contributed by atoms with Crippen molar-refractivity contribution in [2.24, 2.45) is 0 Å². The van der Waals surface area contributed by atoms with E-state index >= 15 is 0 Å². The van der Waals surface area contributed by atoms with Crippen LogP contribution in [-0.2, 0) is 16.0 Å². The third kappa shape index (κ3) is 3.64. The molecule has 0 bridgehead atoms. The summed E-state index contributed by atoms with van der Waals surface area (Å²) in [5, 5.41) is 0. The minimum atomic E-state index is -0.756. The first-order valence-corrected chi connectivity index (χ1v) is 7.50. The molecule has 1 aromatic carbocycles. The number of hydrogen-bond donors (Lipinski definition) is 0. The molecule has 0 radical (unpaired) electrons. The van der Waals surface area contributed by atoms with E-state index < -0.39 is 17.8 Å². The van der Waals surface area contributed by atoms with Gasteiger partial charge >= 0.3 is 17.8 Å². The van der Waals surface area contributed by atoms with E-state index in [-0.39, 0.29) is 11.3 Å². The van der Waals surface area contributed by atoms with Crippen molar-refractivity contribution in [3.8, 4) is 0 Å². The Hall–Kier alpha value is -1.82. The van der Waals surface area contributed by atoms with E-state index in [1.165, 1.54) is 0 Å². The molecule has 112 valence electrons. The third-order valence-corrected chi connectivity index (χ3v) is 3.90. The van der Waals surface area contributed by atoms with Crippen LogP contribution in [0.1, 0.15) is 26.3 Å². The number of hydrogen-bond acceptors (Lipinski definition) is 4. The maximum Gasteiger partial charge on any atom is 0.344 e. The zero-order valence-corrected chi connectivity index (χ0v) is 13.1. The molecule has 1 saturated heterocycles. The molecule has 1 aromatic rings. The van der Waals surface area contributed by atoms with E-state index in [0.29, 0.717) is 6.42 Å². The summed E-state index contributed by atoms with van der Waals surface area (Å²) < 4.78 is 0.647. The Kier molecular flexibility index (Phi) is 4.37. The highest BCUT2D eigenvalue weighted by Crippen LogP contribution is 2.31. The van der Waals surface area contributed by atoms with Gasteiger partial charge in [0.1, 0.15) is 0 Å². The molecule has 2 rings (SSSR count). The van der Waals surface area contributed by atoms with Crippen molar-refractivity contribution in [1.82, 2.24) is 9.21 Å². The van der Waals surface area contributed by atoms with Crippen molar-refractivity contribution in [3.63, 3.8) is 0 Å². The highest BCUT2D eigenvalue weighted by atomic mass is 32.2. The highest BCUT2D eigenvalue weighted by Gasteiger charge is 2.46. The molecule has 1 heterocycles. The maximum atomic E-state index is 12.2. The second kappa shape index (κ2) is 5.89. The van der Waals surface area contributed by atoms with Gasteiger partial charge in [-0.25, -0.2) is 4.79 Å². The molecule has 0 unspecified atom stereocenters. The smallest absolute Gasteiger partial charge is 0.263 e. The molecule has 0 aromatic heterocycles. The first-order valence-electron chi connectivity index (χ1n) is 6.72. The molecule has 6 heteroatoms. The zero-order chi connectivity index (χ0) is 15.6. The van der Waals surface area contributed by atoms with Crippen molar-refractivity contribution < 1.29 is 14.4 Å². The Bertz CT molecular complexity index is 566. The van der Waals surface area contributed by atoms with E-state index in [1.54, 1.807) is 0 Å². The van der Waals surface area contributed by atoms with Gasteiger partial charge in [-0.3, -0.25) is 14.5 Å². The van der Waals surface area contributed by atoms with Gasteiger partial charge in [0.05, 0.1) is 0 Å². The summed E-state index contributed by atoms with van der Waals surface area (Å²) in [4.78, 5) is 37.1. The largest absolute Gasteiger partial charge is 0.344 e. The van der Waals surface area contributed by atoms with Crippen LogP contribution in [0.15, 0.2) is 30.3 Å². The average molecular weight is 306 g/mol. The monoisotopic (exact) mass is 306 g/mol. The molecule has 4 amide bonds. The van der Waals surface area contributed by atoms with Crippen LogP contribution in [0.2, 0.25) is 0 Å². The summed E-state index contributed by atoms with van der Waals surface area (Å²) >= 11 is 1.08. The molecule has 5 nitrogen and oxygen atoms in total. The number of imide groups is 2. The summed E-state index contributed by atoms with van der Waals surface area (Å²) in [6.07, 6.45) is 0.541. The fourth-order valence-electron chi connectivity index (χ4n) is 1.92. The molecule has 1 aliphatic rings. The van der Waals surface area contributed by atoms with E-state index in [4.69, 9.17) is 0 Å². The summed E-state index contributed by atoms with van der Waals surface area (Å²) in [6, 6.07) is 9.01. The highest BCUT2D eigenvalue weighted by molar-refractivity contribution is 7.99. The summed E-state index contributed by atoms with van der Waals surface area (Å²) in [5.74, 6) is -1.50. The van der Waals surface area contributed by atoms with Gasteiger partial charge in [0, 0.05) is 11.3 Å². The van der Waals surface area contributed by atoms with E-state index in [0.717, 1.165) is 26.7 Å². The van der Waals surface area contributed by atoms with Crippen LogP contribution in [0.5, 0.6) is 0 Å². The summed E-state index contributed by atoms with van der Waals surface area (Å²) in [6.45, 7) is 5.87. The van der Waals surface area contributed by atoms with Gasteiger partial charge in [-0.05, 0) is 44.7 Å². The van der Waals surface area contributed by atoms with Gasteiger partial charge < -0.3 is 0 Å². The molecule has 21 heavy (non-hydrogen) atoms. The summed E-state index contributed by atoms with van der Waals surface area (Å²) in [5.41, 5.74) is 1.02. The van der Waals surface area contributed by atoms with Crippen LogP contribution >= 0.6 is 11.9 Å². The van der Waals surface area contributed by atoms with Gasteiger partial charge in [-0.2, -0.15) is 4.31 Å². The number of urea groups is 1. The Morgan fingerprint density at radius 1 is 1.00 bits per heavy atom. The summed E-state index contributed by atoms with van der Waals surface area (Å²) in [7, 11) is 0. The van der Waals surface area contributed by atoms with Crippen molar-refractivity contribution in [3.05, 3.63) is 35.9 Å². The minimum Gasteiger partial charge on any atom is -0.263 e. The molecular weight excluding hydrogens is 288 g/mol. The number of nitrogens with zero attached hydrogens (tertiary/aromatic N) is 2. The molecule has 0 saturated carbocycles. The standard InChI is InChI=1S/C15H18N2O3S/c1-15(2,3)21-17-13(19)12(18)16(14(17)20)10-9-11-7-5-4-6-8-11/h4-8H,9-10H2,1-3H3. The molecule has 0 N–H and O–H groups in total. The third-order valence-electron chi connectivity index (χ3n) is 2.85. The van der Waals surface area contributed by atoms with Gasteiger partial charge in [-0.15, -0.1) is 0 Å².